The zero-order valence-electron chi connectivity index (χ0n) is 19.3. The standard InChI is InChI=1S/C27H30FNO5/c1-18-7-6-8-20(25(18)27(30)31)15-32-23-9-4-2-3-5-10-24(23)33-16-22-17-34-26(29-22)19-11-13-21(28)14-12-19/h6-8,11-14,17,23-24H,2-5,9-10,15-16H2,1H3,(H,30,31)/t23-,24-/m1/s1. The number of ether oxygens (including phenoxy) is 2. The first kappa shape index (κ1) is 24.1. The maximum Gasteiger partial charge on any atom is 0.336 e. The molecule has 0 saturated heterocycles. The lowest BCUT2D eigenvalue weighted by atomic mass is 9.95. The number of benzene rings is 2. The Labute approximate surface area is 198 Å². The van der Waals surface area contributed by atoms with E-state index >= 15 is 0 Å². The van der Waals surface area contributed by atoms with Gasteiger partial charge in [-0.3, -0.25) is 0 Å². The van der Waals surface area contributed by atoms with Crippen LogP contribution in [0.4, 0.5) is 4.39 Å². The minimum atomic E-state index is -0.940. The number of oxazole rings is 1. The van der Waals surface area contributed by atoms with Gasteiger partial charge in [-0.15, -0.1) is 0 Å². The van der Waals surface area contributed by atoms with Gasteiger partial charge < -0.3 is 19.0 Å². The molecule has 1 aliphatic carbocycles. The van der Waals surface area contributed by atoms with E-state index in [0.717, 1.165) is 44.1 Å². The number of aryl methyl sites for hydroxylation is 1. The van der Waals surface area contributed by atoms with Gasteiger partial charge in [0.15, 0.2) is 0 Å². The number of nitrogens with zero attached hydrogens (tertiary/aromatic N) is 1. The zero-order valence-corrected chi connectivity index (χ0v) is 19.3. The molecule has 0 radical (unpaired) electrons. The topological polar surface area (TPSA) is 81.8 Å². The van der Waals surface area contributed by atoms with Crippen LogP contribution in [-0.2, 0) is 22.7 Å². The summed E-state index contributed by atoms with van der Waals surface area (Å²) in [5.41, 5.74) is 3.07. The number of hydrogen-bond acceptors (Lipinski definition) is 5. The van der Waals surface area contributed by atoms with E-state index < -0.39 is 5.97 Å². The fraction of sp³-hybridized carbons (Fsp3) is 0.407. The van der Waals surface area contributed by atoms with Crippen molar-refractivity contribution in [2.75, 3.05) is 0 Å². The van der Waals surface area contributed by atoms with Crippen LogP contribution in [0.5, 0.6) is 0 Å². The molecule has 1 fully saturated rings. The summed E-state index contributed by atoms with van der Waals surface area (Å²) in [5.74, 6) is -0.829. The predicted octanol–water partition coefficient (Wildman–Crippen LogP) is 6.31. The zero-order chi connectivity index (χ0) is 23.9. The first-order valence-electron chi connectivity index (χ1n) is 11.8. The van der Waals surface area contributed by atoms with E-state index in [1.807, 2.05) is 12.1 Å². The Morgan fingerprint density at radius 2 is 1.71 bits per heavy atom. The van der Waals surface area contributed by atoms with Crippen LogP contribution >= 0.6 is 0 Å². The van der Waals surface area contributed by atoms with Crippen molar-refractivity contribution in [2.45, 2.75) is 70.9 Å². The van der Waals surface area contributed by atoms with E-state index in [4.69, 9.17) is 13.9 Å². The van der Waals surface area contributed by atoms with Crippen molar-refractivity contribution in [3.63, 3.8) is 0 Å². The van der Waals surface area contributed by atoms with Gasteiger partial charge in [-0.05, 0) is 55.2 Å². The van der Waals surface area contributed by atoms with Crippen LogP contribution in [-0.4, -0.2) is 28.3 Å². The highest BCUT2D eigenvalue weighted by Gasteiger charge is 2.26. The summed E-state index contributed by atoms with van der Waals surface area (Å²) in [4.78, 5) is 16.2. The third-order valence-corrected chi connectivity index (χ3v) is 6.26. The molecule has 180 valence electrons. The lowest BCUT2D eigenvalue weighted by Gasteiger charge is -2.29. The quantitative estimate of drug-likeness (QED) is 0.418. The first-order chi connectivity index (χ1) is 16.5. The summed E-state index contributed by atoms with van der Waals surface area (Å²) in [6.45, 7) is 2.30. The van der Waals surface area contributed by atoms with Crippen molar-refractivity contribution in [3.8, 4) is 11.5 Å². The molecule has 1 aliphatic rings. The summed E-state index contributed by atoms with van der Waals surface area (Å²) in [7, 11) is 0. The number of hydrogen-bond donors (Lipinski definition) is 1. The second-order valence-electron chi connectivity index (χ2n) is 8.76. The van der Waals surface area contributed by atoms with Gasteiger partial charge in [-0.25, -0.2) is 14.2 Å². The molecule has 1 aromatic heterocycles. The van der Waals surface area contributed by atoms with Crippen LogP contribution in [0.1, 0.15) is 65.7 Å². The first-order valence-corrected chi connectivity index (χ1v) is 11.8. The highest BCUT2D eigenvalue weighted by atomic mass is 19.1. The summed E-state index contributed by atoms with van der Waals surface area (Å²) in [6, 6.07) is 11.5. The smallest absolute Gasteiger partial charge is 0.336 e. The highest BCUT2D eigenvalue weighted by molar-refractivity contribution is 5.91. The van der Waals surface area contributed by atoms with E-state index in [2.05, 4.69) is 4.98 Å². The average Bonchev–Trinajstić information content (AvgIpc) is 3.27. The Bertz CT molecular complexity index is 1090. The van der Waals surface area contributed by atoms with Gasteiger partial charge in [-0.1, -0.05) is 43.9 Å². The van der Waals surface area contributed by atoms with Gasteiger partial charge in [0.1, 0.15) is 17.8 Å². The van der Waals surface area contributed by atoms with E-state index in [0.29, 0.717) is 28.3 Å². The van der Waals surface area contributed by atoms with E-state index in [1.54, 1.807) is 31.4 Å². The van der Waals surface area contributed by atoms with Gasteiger partial charge in [0.05, 0.1) is 31.0 Å². The van der Waals surface area contributed by atoms with E-state index in [1.165, 1.54) is 12.1 Å². The van der Waals surface area contributed by atoms with Gasteiger partial charge in [0.25, 0.3) is 0 Å². The Morgan fingerprint density at radius 1 is 1.03 bits per heavy atom. The summed E-state index contributed by atoms with van der Waals surface area (Å²) >= 11 is 0. The monoisotopic (exact) mass is 467 g/mol. The molecule has 6 nitrogen and oxygen atoms in total. The second-order valence-corrected chi connectivity index (χ2v) is 8.76. The number of rotatable bonds is 8. The Hall–Kier alpha value is -3.03. The normalized spacial score (nSPS) is 18.9. The van der Waals surface area contributed by atoms with Crippen molar-refractivity contribution in [3.05, 3.63) is 76.9 Å². The molecule has 1 N–H and O–H groups in total. The number of carboxylic acids is 1. The molecule has 0 bridgehead atoms. The van der Waals surface area contributed by atoms with Crippen molar-refractivity contribution in [1.82, 2.24) is 4.98 Å². The molecule has 1 saturated carbocycles. The molecule has 7 heteroatoms. The summed E-state index contributed by atoms with van der Waals surface area (Å²) in [6.07, 6.45) is 7.44. The number of carboxylic acid groups (broad SMARTS) is 1. The van der Waals surface area contributed by atoms with Crippen LogP contribution in [0, 0.1) is 12.7 Å². The van der Waals surface area contributed by atoms with Gasteiger partial charge >= 0.3 is 5.97 Å². The molecular formula is C27H30FNO5. The minimum absolute atomic E-state index is 0.121. The molecule has 34 heavy (non-hydrogen) atoms. The minimum Gasteiger partial charge on any atom is -0.478 e. The number of halogens is 1. The van der Waals surface area contributed by atoms with Crippen LogP contribution in [0.2, 0.25) is 0 Å². The summed E-state index contributed by atoms with van der Waals surface area (Å²) < 4.78 is 31.2. The SMILES string of the molecule is Cc1cccc(CO[C@@H]2CCCCCC[C@H]2OCc2coc(-c3ccc(F)cc3)n2)c1C(=O)O. The van der Waals surface area contributed by atoms with Crippen molar-refractivity contribution >= 4 is 5.97 Å². The van der Waals surface area contributed by atoms with Crippen molar-refractivity contribution in [1.29, 1.82) is 0 Å². The molecule has 0 unspecified atom stereocenters. The fourth-order valence-electron chi connectivity index (χ4n) is 4.44. The van der Waals surface area contributed by atoms with Gasteiger partial charge in [0.2, 0.25) is 5.89 Å². The average molecular weight is 468 g/mol. The molecule has 2 aromatic carbocycles. The summed E-state index contributed by atoms with van der Waals surface area (Å²) in [5, 5.41) is 9.61. The Balaban J connectivity index is 1.41. The van der Waals surface area contributed by atoms with Crippen LogP contribution in [0.25, 0.3) is 11.5 Å². The van der Waals surface area contributed by atoms with Crippen LogP contribution in [0.15, 0.2) is 53.1 Å². The molecule has 0 aliphatic heterocycles. The number of carbonyl (C=O) groups is 1. The van der Waals surface area contributed by atoms with Crippen LogP contribution < -0.4 is 0 Å². The molecule has 0 spiro atoms. The second kappa shape index (κ2) is 11.4. The third kappa shape index (κ3) is 6.10. The fourth-order valence-corrected chi connectivity index (χ4v) is 4.44. The molecule has 4 rings (SSSR count). The Morgan fingerprint density at radius 3 is 2.38 bits per heavy atom. The third-order valence-electron chi connectivity index (χ3n) is 6.26. The van der Waals surface area contributed by atoms with Crippen molar-refractivity contribution < 1.29 is 28.2 Å². The number of aromatic nitrogens is 1. The Kier molecular flexibility index (Phi) is 8.08. The molecule has 3 aromatic rings. The van der Waals surface area contributed by atoms with Gasteiger partial charge in [-0.2, -0.15) is 0 Å². The maximum absolute atomic E-state index is 13.2. The van der Waals surface area contributed by atoms with E-state index in [-0.39, 0.29) is 31.2 Å². The lowest BCUT2D eigenvalue weighted by Crippen LogP contribution is -2.33. The van der Waals surface area contributed by atoms with Crippen LogP contribution in [0.3, 0.4) is 0 Å². The predicted molar refractivity (Wildman–Crippen MR) is 125 cm³/mol. The molecule has 2 atom stereocenters. The van der Waals surface area contributed by atoms with E-state index in [9.17, 15) is 14.3 Å². The maximum atomic E-state index is 13.2. The molecule has 1 heterocycles. The largest absolute Gasteiger partial charge is 0.478 e. The number of aromatic carboxylic acids is 1. The highest BCUT2D eigenvalue weighted by Crippen LogP contribution is 2.26. The molecular weight excluding hydrogens is 437 g/mol. The van der Waals surface area contributed by atoms with Gasteiger partial charge in [0, 0.05) is 5.56 Å². The lowest BCUT2D eigenvalue weighted by molar-refractivity contribution is -0.0961. The van der Waals surface area contributed by atoms with Crippen molar-refractivity contribution in [2.24, 2.45) is 0 Å². The molecule has 0 amide bonds.